The van der Waals surface area contributed by atoms with E-state index in [4.69, 9.17) is 15.6 Å². The molecule has 0 atom stereocenters. The topological polar surface area (TPSA) is 88.7 Å². The van der Waals surface area contributed by atoms with E-state index in [1.54, 1.807) is 7.11 Å². The fraction of sp³-hybridized carbons (Fsp3) is 0.500. The molecule has 0 aromatic carbocycles. The number of ether oxygens (including phenoxy) is 1. The van der Waals surface area contributed by atoms with Gasteiger partial charge in [-0.25, -0.2) is 9.78 Å². The molecule has 0 bridgehead atoms. The highest BCUT2D eigenvalue weighted by molar-refractivity contribution is 5.96. The van der Waals surface area contributed by atoms with E-state index < -0.39 is 5.97 Å². The standard InChI is InChI=1S/C12H19N3O3/c1-8(2)15(6-7-18-3)11-10(13)9(12(16)17)4-5-14-11/h4-5,8H,6-7,13H2,1-3H3,(H,16,17). The van der Waals surface area contributed by atoms with E-state index in [9.17, 15) is 4.79 Å². The molecule has 0 saturated heterocycles. The number of methoxy groups -OCH3 is 1. The number of pyridine rings is 1. The Labute approximate surface area is 106 Å². The third kappa shape index (κ3) is 3.10. The molecule has 0 amide bonds. The van der Waals surface area contributed by atoms with Crippen molar-refractivity contribution < 1.29 is 14.6 Å². The lowest BCUT2D eigenvalue weighted by Gasteiger charge is -2.28. The molecule has 1 aromatic heterocycles. The van der Waals surface area contributed by atoms with Crippen LogP contribution in [0.15, 0.2) is 12.3 Å². The van der Waals surface area contributed by atoms with Crippen LogP contribution in [-0.4, -0.2) is 42.4 Å². The van der Waals surface area contributed by atoms with E-state index in [-0.39, 0.29) is 17.3 Å². The highest BCUT2D eigenvalue weighted by Crippen LogP contribution is 2.25. The number of rotatable bonds is 6. The third-order valence-corrected chi connectivity index (χ3v) is 2.63. The normalized spacial score (nSPS) is 10.7. The molecule has 1 aromatic rings. The summed E-state index contributed by atoms with van der Waals surface area (Å²) in [6.07, 6.45) is 1.46. The van der Waals surface area contributed by atoms with E-state index >= 15 is 0 Å². The number of nitrogen functional groups attached to an aromatic ring is 1. The summed E-state index contributed by atoms with van der Waals surface area (Å²) in [6.45, 7) is 5.11. The van der Waals surface area contributed by atoms with Gasteiger partial charge in [0.25, 0.3) is 0 Å². The van der Waals surface area contributed by atoms with E-state index in [0.717, 1.165) is 0 Å². The Morgan fingerprint density at radius 2 is 2.28 bits per heavy atom. The van der Waals surface area contributed by atoms with E-state index in [2.05, 4.69) is 4.98 Å². The van der Waals surface area contributed by atoms with Crippen LogP contribution in [-0.2, 0) is 4.74 Å². The average molecular weight is 253 g/mol. The minimum Gasteiger partial charge on any atom is -0.478 e. The predicted octanol–water partition coefficient (Wildman–Crippen LogP) is 1.22. The number of aromatic carboxylic acids is 1. The molecule has 100 valence electrons. The Kier molecular flexibility index (Phi) is 4.91. The molecule has 0 aliphatic carbocycles. The zero-order valence-corrected chi connectivity index (χ0v) is 10.9. The SMILES string of the molecule is COCCN(c1nccc(C(=O)O)c1N)C(C)C. The van der Waals surface area contributed by atoms with Gasteiger partial charge in [0.15, 0.2) is 5.82 Å². The Balaban J connectivity index is 3.12. The maximum Gasteiger partial charge on any atom is 0.337 e. The summed E-state index contributed by atoms with van der Waals surface area (Å²) in [6, 6.07) is 1.55. The molecule has 18 heavy (non-hydrogen) atoms. The number of anilines is 2. The minimum atomic E-state index is -1.05. The first kappa shape index (κ1) is 14.2. The molecule has 0 aliphatic rings. The Morgan fingerprint density at radius 1 is 1.61 bits per heavy atom. The van der Waals surface area contributed by atoms with Gasteiger partial charge in [0.2, 0.25) is 0 Å². The summed E-state index contributed by atoms with van der Waals surface area (Å²) in [4.78, 5) is 17.1. The highest BCUT2D eigenvalue weighted by Gasteiger charge is 2.19. The number of carboxylic acid groups (broad SMARTS) is 1. The second-order valence-corrected chi connectivity index (χ2v) is 4.18. The van der Waals surface area contributed by atoms with Crippen molar-refractivity contribution in [2.75, 3.05) is 30.9 Å². The van der Waals surface area contributed by atoms with E-state index in [1.165, 1.54) is 12.3 Å². The number of nitrogens with two attached hydrogens (primary N) is 1. The van der Waals surface area contributed by atoms with Crippen molar-refractivity contribution in [2.24, 2.45) is 0 Å². The van der Waals surface area contributed by atoms with Crippen molar-refractivity contribution in [1.29, 1.82) is 0 Å². The quantitative estimate of drug-likeness (QED) is 0.792. The monoisotopic (exact) mass is 253 g/mol. The second kappa shape index (κ2) is 6.20. The summed E-state index contributed by atoms with van der Waals surface area (Å²) >= 11 is 0. The molecule has 0 unspecified atom stereocenters. The Hall–Kier alpha value is -1.82. The van der Waals surface area contributed by atoms with Gasteiger partial charge in [-0.2, -0.15) is 0 Å². The fourth-order valence-corrected chi connectivity index (χ4v) is 1.68. The van der Waals surface area contributed by atoms with E-state index in [0.29, 0.717) is 19.0 Å². The average Bonchev–Trinajstić information content (AvgIpc) is 2.30. The van der Waals surface area contributed by atoms with Crippen LogP contribution in [0.3, 0.4) is 0 Å². The molecule has 1 heterocycles. The highest BCUT2D eigenvalue weighted by atomic mass is 16.5. The van der Waals surface area contributed by atoms with Crippen molar-refractivity contribution in [1.82, 2.24) is 4.98 Å². The molecule has 0 saturated carbocycles. The van der Waals surface area contributed by atoms with Crippen LogP contribution in [0.2, 0.25) is 0 Å². The number of carboxylic acids is 1. The number of nitrogens with zero attached hydrogens (tertiary/aromatic N) is 2. The molecule has 0 fully saturated rings. The van der Waals surface area contributed by atoms with Crippen LogP contribution in [0.4, 0.5) is 11.5 Å². The van der Waals surface area contributed by atoms with Crippen LogP contribution >= 0.6 is 0 Å². The largest absolute Gasteiger partial charge is 0.478 e. The van der Waals surface area contributed by atoms with Gasteiger partial charge in [0.1, 0.15) is 0 Å². The van der Waals surface area contributed by atoms with Crippen molar-refractivity contribution in [3.8, 4) is 0 Å². The van der Waals surface area contributed by atoms with E-state index in [1.807, 2.05) is 18.7 Å². The van der Waals surface area contributed by atoms with Crippen molar-refractivity contribution >= 4 is 17.5 Å². The van der Waals surface area contributed by atoms with Crippen LogP contribution in [0, 0.1) is 0 Å². The molecular formula is C12H19N3O3. The Bertz CT molecular complexity index is 421. The summed E-state index contributed by atoms with van der Waals surface area (Å²) in [5, 5.41) is 9.04. The smallest absolute Gasteiger partial charge is 0.337 e. The first-order chi connectivity index (χ1) is 8.49. The lowest BCUT2D eigenvalue weighted by molar-refractivity contribution is 0.0698. The van der Waals surface area contributed by atoms with Gasteiger partial charge in [-0.1, -0.05) is 0 Å². The summed E-state index contributed by atoms with van der Waals surface area (Å²) in [5.41, 5.74) is 6.13. The van der Waals surface area contributed by atoms with Gasteiger partial charge in [-0.3, -0.25) is 0 Å². The van der Waals surface area contributed by atoms with Crippen molar-refractivity contribution in [2.45, 2.75) is 19.9 Å². The molecule has 6 nitrogen and oxygen atoms in total. The van der Waals surface area contributed by atoms with Gasteiger partial charge in [0.05, 0.1) is 17.9 Å². The molecule has 0 radical (unpaired) electrons. The van der Waals surface area contributed by atoms with Crippen molar-refractivity contribution in [3.63, 3.8) is 0 Å². The summed E-state index contributed by atoms with van der Waals surface area (Å²) in [5.74, 6) is -0.562. The molecule has 1 rings (SSSR count). The molecule has 3 N–H and O–H groups in total. The van der Waals surface area contributed by atoms with Gasteiger partial charge in [0, 0.05) is 25.9 Å². The van der Waals surface area contributed by atoms with Gasteiger partial charge in [-0.05, 0) is 19.9 Å². The second-order valence-electron chi connectivity index (χ2n) is 4.18. The van der Waals surface area contributed by atoms with Crippen LogP contribution in [0.5, 0.6) is 0 Å². The van der Waals surface area contributed by atoms with Crippen molar-refractivity contribution in [3.05, 3.63) is 17.8 Å². The number of hydrogen-bond acceptors (Lipinski definition) is 5. The lowest BCUT2D eigenvalue weighted by Crippen LogP contribution is -2.35. The number of carbonyl (C=O) groups is 1. The number of hydrogen-bond donors (Lipinski definition) is 2. The molecular weight excluding hydrogens is 234 g/mol. The maximum absolute atomic E-state index is 11.0. The minimum absolute atomic E-state index is 0.0723. The van der Waals surface area contributed by atoms with Crippen LogP contribution in [0.1, 0.15) is 24.2 Å². The van der Waals surface area contributed by atoms with Crippen LogP contribution < -0.4 is 10.6 Å². The first-order valence-electron chi connectivity index (χ1n) is 5.72. The first-order valence-corrected chi connectivity index (χ1v) is 5.72. The zero-order valence-electron chi connectivity index (χ0n) is 10.9. The molecule has 6 heteroatoms. The van der Waals surface area contributed by atoms with Gasteiger partial charge < -0.3 is 20.5 Å². The Morgan fingerprint density at radius 3 is 2.78 bits per heavy atom. The van der Waals surface area contributed by atoms with Gasteiger partial charge >= 0.3 is 5.97 Å². The predicted molar refractivity (Wildman–Crippen MR) is 70.0 cm³/mol. The molecule has 0 spiro atoms. The van der Waals surface area contributed by atoms with Crippen LogP contribution in [0.25, 0.3) is 0 Å². The summed E-state index contributed by atoms with van der Waals surface area (Å²) in [7, 11) is 1.61. The molecule has 0 aliphatic heterocycles. The fourth-order valence-electron chi connectivity index (χ4n) is 1.68. The third-order valence-electron chi connectivity index (χ3n) is 2.63. The number of aromatic nitrogens is 1. The lowest BCUT2D eigenvalue weighted by atomic mass is 10.2. The maximum atomic E-state index is 11.0. The summed E-state index contributed by atoms with van der Waals surface area (Å²) < 4.78 is 5.03. The zero-order chi connectivity index (χ0) is 13.7. The van der Waals surface area contributed by atoms with Gasteiger partial charge in [-0.15, -0.1) is 0 Å².